The minimum Gasteiger partial charge on any atom is -0.382 e. The van der Waals surface area contributed by atoms with E-state index in [2.05, 4.69) is 24.7 Å². The summed E-state index contributed by atoms with van der Waals surface area (Å²) in [6.45, 7) is 0. The van der Waals surface area contributed by atoms with Crippen molar-refractivity contribution < 1.29 is 0 Å². The largest absolute Gasteiger partial charge is 0.382 e. The second-order valence-electron chi connectivity index (χ2n) is 5.44. The summed E-state index contributed by atoms with van der Waals surface area (Å²) in [5.41, 5.74) is 6.46. The maximum Gasteiger partial charge on any atom is 0.191 e. The molecule has 2 heterocycles. The van der Waals surface area contributed by atoms with Gasteiger partial charge in [0.1, 0.15) is 11.6 Å². The normalized spacial score (nSPS) is 18.4. The van der Waals surface area contributed by atoms with Gasteiger partial charge in [-0.15, -0.1) is 10.2 Å². The van der Waals surface area contributed by atoms with Gasteiger partial charge >= 0.3 is 0 Å². The number of aromatic nitrogens is 5. The lowest BCUT2D eigenvalue weighted by Crippen LogP contribution is -2.02. The van der Waals surface area contributed by atoms with E-state index in [1.54, 1.807) is 24.2 Å². The number of nitrogen functional groups attached to an aromatic ring is 1. The molecule has 0 aromatic carbocycles. The average molecular weight is 288 g/mol. The monoisotopic (exact) mass is 288 g/mol. The first-order chi connectivity index (χ1) is 9.81. The van der Waals surface area contributed by atoms with Gasteiger partial charge in [0.2, 0.25) is 0 Å². The molecule has 2 aliphatic rings. The van der Waals surface area contributed by atoms with E-state index in [0.29, 0.717) is 17.8 Å². The Morgan fingerprint density at radius 2 is 2.00 bits per heavy atom. The third-order valence-electron chi connectivity index (χ3n) is 3.62. The van der Waals surface area contributed by atoms with Crippen molar-refractivity contribution in [1.82, 2.24) is 24.7 Å². The molecule has 0 saturated heterocycles. The summed E-state index contributed by atoms with van der Waals surface area (Å²) in [6.07, 6.45) is 8.36. The van der Waals surface area contributed by atoms with Crippen molar-refractivity contribution in [3.8, 4) is 0 Å². The fraction of sp³-hybridized carbons (Fsp3) is 0.538. The zero-order valence-corrected chi connectivity index (χ0v) is 11.9. The Kier molecular flexibility index (Phi) is 2.87. The lowest BCUT2D eigenvalue weighted by Gasteiger charge is -2.07. The standard InChI is InChI=1S/C13H16N6S/c14-11-6-15-9(5-16-11)7-20-13-18-17-12(8-1-2-8)19(13)10-3-4-10/h5-6,8,10H,1-4,7H2,(H2,14,16). The van der Waals surface area contributed by atoms with Crippen LogP contribution in [0.25, 0.3) is 0 Å². The first-order valence-electron chi connectivity index (χ1n) is 6.95. The molecule has 6 nitrogen and oxygen atoms in total. The molecule has 0 atom stereocenters. The highest BCUT2D eigenvalue weighted by molar-refractivity contribution is 7.98. The van der Waals surface area contributed by atoms with Crippen LogP contribution in [0.1, 0.15) is 49.2 Å². The number of anilines is 1. The average Bonchev–Trinajstić information content (AvgIpc) is 3.37. The van der Waals surface area contributed by atoms with Gasteiger partial charge in [0, 0.05) is 17.7 Å². The highest BCUT2D eigenvalue weighted by Gasteiger charge is 2.36. The summed E-state index contributed by atoms with van der Waals surface area (Å²) in [5.74, 6) is 3.05. The molecule has 2 N–H and O–H groups in total. The maximum absolute atomic E-state index is 5.54. The lowest BCUT2D eigenvalue weighted by atomic mass is 10.4. The first-order valence-corrected chi connectivity index (χ1v) is 7.94. The van der Waals surface area contributed by atoms with E-state index in [-0.39, 0.29) is 0 Å². The molecule has 7 heteroatoms. The van der Waals surface area contributed by atoms with Crippen LogP contribution < -0.4 is 5.73 Å². The second kappa shape index (κ2) is 4.73. The van der Waals surface area contributed by atoms with E-state index in [0.717, 1.165) is 16.6 Å². The van der Waals surface area contributed by atoms with Crippen LogP contribution in [0, 0.1) is 0 Å². The molecule has 2 aromatic rings. The van der Waals surface area contributed by atoms with Crippen LogP contribution in [0.3, 0.4) is 0 Å². The van der Waals surface area contributed by atoms with Crippen molar-refractivity contribution in [3.63, 3.8) is 0 Å². The van der Waals surface area contributed by atoms with Gasteiger partial charge in [-0.3, -0.25) is 4.98 Å². The van der Waals surface area contributed by atoms with Crippen LogP contribution in [0.2, 0.25) is 0 Å². The van der Waals surface area contributed by atoms with E-state index in [4.69, 9.17) is 5.73 Å². The molecule has 0 aliphatic heterocycles. The molecule has 4 rings (SSSR count). The minimum absolute atomic E-state index is 0.455. The summed E-state index contributed by atoms with van der Waals surface area (Å²) in [6, 6.07) is 0.626. The van der Waals surface area contributed by atoms with Crippen molar-refractivity contribution in [2.24, 2.45) is 0 Å². The number of rotatable bonds is 5. The van der Waals surface area contributed by atoms with E-state index in [1.807, 2.05) is 0 Å². The van der Waals surface area contributed by atoms with Gasteiger partial charge in [0.15, 0.2) is 5.16 Å². The predicted octanol–water partition coefficient (Wildman–Crippen LogP) is 2.15. The third-order valence-corrected chi connectivity index (χ3v) is 4.60. The highest BCUT2D eigenvalue weighted by atomic mass is 32.2. The van der Waals surface area contributed by atoms with Crippen LogP contribution in [0.15, 0.2) is 17.6 Å². The Morgan fingerprint density at radius 3 is 2.65 bits per heavy atom. The van der Waals surface area contributed by atoms with Crippen LogP contribution >= 0.6 is 11.8 Å². The van der Waals surface area contributed by atoms with E-state index in [1.165, 1.54) is 31.5 Å². The third kappa shape index (κ3) is 2.37. The second-order valence-corrected chi connectivity index (χ2v) is 6.38. The van der Waals surface area contributed by atoms with E-state index in [9.17, 15) is 0 Å². The Bertz CT molecular complexity index is 614. The molecule has 104 valence electrons. The summed E-state index contributed by atoms with van der Waals surface area (Å²) in [4.78, 5) is 8.34. The van der Waals surface area contributed by atoms with Crippen LogP contribution in [0.5, 0.6) is 0 Å². The van der Waals surface area contributed by atoms with Gasteiger partial charge in [0.05, 0.1) is 18.1 Å². The number of hydrogen-bond donors (Lipinski definition) is 1. The summed E-state index contributed by atoms with van der Waals surface area (Å²) in [7, 11) is 0. The van der Waals surface area contributed by atoms with Crippen LogP contribution in [0.4, 0.5) is 5.82 Å². The van der Waals surface area contributed by atoms with E-state index < -0.39 is 0 Å². The Morgan fingerprint density at radius 1 is 1.15 bits per heavy atom. The summed E-state index contributed by atoms with van der Waals surface area (Å²) >= 11 is 1.69. The molecule has 20 heavy (non-hydrogen) atoms. The fourth-order valence-electron chi connectivity index (χ4n) is 2.26. The summed E-state index contributed by atoms with van der Waals surface area (Å²) in [5, 5.41) is 9.80. The van der Waals surface area contributed by atoms with Gasteiger partial charge in [-0.1, -0.05) is 11.8 Å². The van der Waals surface area contributed by atoms with Gasteiger partial charge < -0.3 is 10.3 Å². The fourth-order valence-corrected chi connectivity index (χ4v) is 3.17. The Balaban J connectivity index is 1.52. The lowest BCUT2D eigenvalue weighted by molar-refractivity contribution is 0.627. The zero-order valence-electron chi connectivity index (χ0n) is 11.1. The molecular weight excluding hydrogens is 272 g/mol. The smallest absolute Gasteiger partial charge is 0.191 e. The van der Waals surface area contributed by atoms with Crippen molar-refractivity contribution in [2.75, 3.05) is 5.73 Å². The topological polar surface area (TPSA) is 82.5 Å². The van der Waals surface area contributed by atoms with Crippen molar-refractivity contribution >= 4 is 17.6 Å². The highest BCUT2D eigenvalue weighted by Crippen LogP contribution is 2.46. The number of nitrogens with two attached hydrogens (primary N) is 1. The van der Waals surface area contributed by atoms with E-state index >= 15 is 0 Å². The van der Waals surface area contributed by atoms with Crippen molar-refractivity contribution in [1.29, 1.82) is 0 Å². The quantitative estimate of drug-likeness (QED) is 0.849. The molecule has 2 fully saturated rings. The van der Waals surface area contributed by atoms with Gasteiger partial charge in [-0.25, -0.2) is 4.98 Å². The Labute approximate surface area is 121 Å². The molecule has 0 bridgehead atoms. The maximum atomic E-state index is 5.54. The predicted molar refractivity (Wildman–Crippen MR) is 76.3 cm³/mol. The van der Waals surface area contributed by atoms with Crippen LogP contribution in [-0.4, -0.2) is 24.7 Å². The molecule has 0 radical (unpaired) electrons. The minimum atomic E-state index is 0.455. The molecule has 2 saturated carbocycles. The number of nitrogens with zero attached hydrogens (tertiary/aromatic N) is 5. The first kappa shape index (κ1) is 12.1. The molecular formula is C13H16N6S. The van der Waals surface area contributed by atoms with Crippen molar-refractivity contribution in [2.45, 2.75) is 48.6 Å². The van der Waals surface area contributed by atoms with Gasteiger partial charge in [0.25, 0.3) is 0 Å². The van der Waals surface area contributed by atoms with Gasteiger partial charge in [-0.05, 0) is 25.7 Å². The molecule has 2 aromatic heterocycles. The summed E-state index contributed by atoms with van der Waals surface area (Å²) < 4.78 is 2.35. The van der Waals surface area contributed by atoms with Crippen molar-refractivity contribution in [3.05, 3.63) is 23.9 Å². The molecule has 0 unspecified atom stereocenters. The molecule has 2 aliphatic carbocycles. The number of hydrogen-bond acceptors (Lipinski definition) is 6. The van der Waals surface area contributed by atoms with Gasteiger partial charge in [-0.2, -0.15) is 0 Å². The zero-order chi connectivity index (χ0) is 13.5. The molecule has 0 amide bonds. The Hall–Kier alpha value is -1.63. The molecule has 0 spiro atoms. The SMILES string of the molecule is Nc1cnc(CSc2nnc(C3CC3)n2C2CC2)cn1. The van der Waals surface area contributed by atoms with Crippen LogP contribution in [-0.2, 0) is 5.75 Å². The number of thioether (sulfide) groups is 1.